The predicted molar refractivity (Wildman–Crippen MR) is 80.6 cm³/mol. The molecule has 0 spiro atoms. The zero-order valence-corrected chi connectivity index (χ0v) is 12.5. The highest BCUT2D eigenvalue weighted by molar-refractivity contribution is 7.07. The minimum Gasteiger partial charge on any atom is -0.368 e. The van der Waals surface area contributed by atoms with Crippen LogP contribution in [0.15, 0.2) is 23.2 Å². The van der Waals surface area contributed by atoms with Gasteiger partial charge in [0.15, 0.2) is 0 Å². The molecule has 0 amide bonds. The van der Waals surface area contributed by atoms with E-state index in [-0.39, 0.29) is 0 Å². The fourth-order valence-corrected chi connectivity index (χ4v) is 2.52. The molecule has 102 valence electrons. The van der Waals surface area contributed by atoms with E-state index >= 15 is 0 Å². The molecule has 0 saturated carbocycles. The smallest absolute Gasteiger partial charge is 0.0795 e. The molecule has 5 heteroatoms. The van der Waals surface area contributed by atoms with Crippen LogP contribution in [0, 0.1) is 6.92 Å². The highest BCUT2D eigenvalue weighted by Crippen LogP contribution is 2.21. The Hall–Kier alpha value is -1.46. The second-order valence-corrected chi connectivity index (χ2v) is 5.29. The molecule has 2 heterocycles. The van der Waals surface area contributed by atoms with Gasteiger partial charge in [-0.15, -0.1) is 11.3 Å². The zero-order valence-electron chi connectivity index (χ0n) is 11.7. The molecule has 0 aliphatic rings. The van der Waals surface area contributed by atoms with Crippen LogP contribution in [0.4, 0.5) is 5.69 Å². The predicted octanol–water partition coefficient (Wildman–Crippen LogP) is 2.59. The van der Waals surface area contributed by atoms with Crippen molar-refractivity contribution in [2.24, 2.45) is 0 Å². The lowest BCUT2D eigenvalue weighted by molar-refractivity contribution is 0.719. The molecule has 0 radical (unpaired) electrons. The number of anilines is 1. The van der Waals surface area contributed by atoms with Crippen molar-refractivity contribution in [3.63, 3.8) is 0 Å². The SMILES string of the molecule is CCNCc1cnc(C)cc1N(C)Cc1cscn1. The van der Waals surface area contributed by atoms with Gasteiger partial charge in [0, 0.05) is 42.1 Å². The molecule has 2 aromatic heterocycles. The minimum absolute atomic E-state index is 0.825. The Bertz CT molecular complexity index is 510. The highest BCUT2D eigenvalue weighted by Gasteiger charge is 2.09. The lowest BCUT2D eigenvalue weighted by Crippen LogP contribution is -2.21. The summed E-state index contributed by atoms with van der Waals surface area (Å²) in [5.41, 5.74) is 6.48. The van der Waals surface area contributed by atoms with Gasteiger partial charge in [-0.1, -0.05) is 6.92 Å². The van der Waals surface area contributed by atoms with Gasteiger partial charge in [-0.2, -0.15) is 0 Å². The molecule has 0 bridgehead atoms. The Morgan fingerprint density at radius 3 is 2.89 bits per heavy atom. The van der Waals surface area contributed by atoms with Crippen LogP contribution < -0.4 is 10.2 Å². The van der Waals surface area contributed by atoms with Crippen molar-refractivity contribution in [2.75, 3.05) is 18.5 Å². The van der Waals surface area contributed by atoms with E-state index in [1.54, 1.807) is 11.3 Å². The maximum Gasteiger partial charge on any atom is 0.0795 e. The Balaban J connectivity index is 2.18. The summed E-state index contributed by atoms with van der Waals surface area (Å²) in [6.45, 7) is 6.77. The van der Waals surface area contributed by atoms with E-state index in [0.717, 1.165) is 31.0 Å². The molecule has 19 heavy (non-hydrogen) atoms. The van der Waals surface area contributed by atoms with E-state index in [0.29, 0.717) is 0 Å². The molecule has 4 nitrogen and oxygen atoms in total. The number of nitrogens with zero attached hydrogens (tertiary/aromatic N) is 3. The first-order valence-corrected chi connectivity index (χ1v) is 7.39. The minimum atomic E-state index is 0.825. The quantitative estimate of drug-likeness (QED) is 0.880. The molecule has 0 aliphatic carbocycles. The largest absolute Gasteiger partial charge is 0.368 e. The summed E-state index contributed by atoms with van der Waals surface area (Å²) in [5.74, 6) is 0. The van der Waals surface area contributed by atoms with Crippen LogP contribution in [0.1, 0.15) is 23.9 Å². The number of aryl methyl sites for hydroxylation is 1. The molecule has 1 N–H and O–H groups in total. The van der Waals surface area contributed by atoms with Crippen molar-refractivity contribution in [1.82, 2.24) is 15.3 Å². The van der Waals surface area contributed by atoms with E-state index < -0.39 is 0 Å². The fourth-order valence-electron chi connectivity index (χ4n) is 1.97. The van der Waals surface area contributed by atoms with E-state index in [1.165, 1.54) is 11.3 Å². The average molecular weight is 276 g/mol. The summed E-state index contributed by atoms with van der Waals surface area (Å²) in [5, 5.41) is 5.45. The second-order valence-electron chi connectivity index (χ2n) is 4.57. The summed E-state index contributed by atoms with van der Waals surface area (Å²) in [7, 11) is 2.10. The van der Waals surface area contributed by atoms with Gasteiger partial charge in [-0.25, -0.2) is 4.98 Å². The van der Waals surface area contributed by atoms with Gasteiger partial charge in [0.2, 0.25) is 0 Å². The monoisotopic (exact) mass is 276 g/mol. The number of hydrogen-bond donors (Lipinski definition) is 1. The first-order valence-electron chi connectivity index (χ1n) is 6.45. The lowest BCUT2D eigenvalue weighted by atomic mass is 10.2. The van der Waals surface area contributed by atoms with Crippen LogP contribution in [0.25, 0.3) is 0 Å². The summed E-state index contributed by atoms with van der Waals surface area (Å²) in [4.78, 5) is 11.0. The van der Waals surface area contributed by atoms with Gasteiger partial charge >= 0.3 is 0 Å². The van der Waals surface area contributed by atoms with E-state index in [2.05, 4.69) is 45.6 Å². The van der Waals surface area contributed by atoms with E-state index in [1.807, 2.05) is 18.6 Å². The molecule has 0 aromatic carbocycles. The molecule has 0 unspecified atom stereocenters. The molecule has 0 saturated heterocycles. The van der Waals surface area contributed by atoms with Crippen molar-refractivity contribution >= 4 is 17.0 Å². The third-order valence-electron chi connectivity index (χ3n) is 2.96. The zero-order chi connectivity index (χ0) is 13.7. The molecule has 0 aliphatic heterocycles. The highest BCUT2D eigenvalue weighted by atomic mass is 32.1. The number of nitrogens with one attached hydrogen (secondary N) is 1. The first kappa shape index (κ1) is 14.0. The summed E-state index contributed by atoms with van der Waals surface area (Å²) < 4.78 is 0. The van der Waals surface area contributed by atoms with Crippen molar-refractivity contribution < 1.29 is 0 Å². The summed E-state index contributed by atoms with van der Waals surface area (Å²) in [6, 6.07) is 2.14. The summed E-state index contributed by atoms with van der Waals surface area (Å²) in [6.07, 6.45) is 1.96. The Morgan fingerprint density at radius 1 is 1.37 bits per heavy atom. The van der Waals surface area contributed by atoms with Gasteiger partial charge in [0.25, 0.3) is 0 Å². The van der Waals surface area contributed by atoms with Crippen LogP contribution in [-0.4, -0.2) is 23.6 Å². The molecule has 2 rings (SSSR count). The van der Waals surface area contributed by atoms with Gasteiger partial charge in [-0.3, -0.25) is 4.98 Å². The fraction of sp³-hybridized carbons (Fsp3) is 0.429. The third-order valence-corrected chi connectivity index (χ3v) is 3.59. The molecular formula is C14H20N4S. The van der Waals surface area contributed by atoms with E-state index in [9.17, 15) is 0 Å². The van der Waals surface area contributed by atoms with E-state index in [4.69, 9.17) is 0 Å². The van der Waals surface area contributed by atoms with Gasteiger partial charge < -0.3 is 10.2 Å². The van der Waals surface area contributed by atoms with Crippen molar-refractivity contribution in [1.29, 1.82) is 0 Å². The topological polar surface area (TPSA) is 41.1 Å². The maximum atomic E-state index is 4.39. The third kappa shape index (κ3) is 3.75. The number of rotatable bonds is 6. The van der Waals surface area contributed by atoms with Gasteiger partial charge in [0.1, 0.15) is 0 Å². The molecule has 0 fully saturated rings. The van der Waals surface area contributed by atoms with Crippen LogP contribution in [-0.2, 0) is 13.1 Å². The molecule has 2 aromatic rings. The molecular weight excluding hydrogens is 256 g/mol. The van der Waals surface area contributed by atoms with Gasteiger partial charge in [0.05, 0.1) is 17.7 Å². The van der Waals surface area contributed by atoms with Crippen LogP contribution >= 0.6 is 11.3 Å². The first-order chi connectivity index (χ1) is 9.20. The van der Waals surface area contributed by atoms with Crippen LogP contribution in [0.3, 0.4) is 0 Å². The average Bonchev–Trinajstić information content (AvgIpc) is 2.90. The summed E-state index contributed by atoms with van der Waals surface area (Å²) >= 11 is 1.64. The van der Waals surface area contributed by atoms with Crippen molar-refractivity contribution in [3.05, 3.63) is 40.1 Å². The second kappa shape index (κ2) is 6.63. The normalized spacial score (nSPS) is 10.7. The number of pyridine rings is 1. The maximum absolute atomic E-state index is 4.39. The van der Waals surface area contributed by atoms with Crippen molar-refractivity contribution in [3.8, 4) is 0 Å². The number of hydrogen-bond acceptors (Lipinski definition) is 5. The standard InChI is InChI=1S/C14H20N4S/c1-4-15-6-12-7-16-11(2)5-14(12)18(3)8-13-9-19-10-17-13/h5,7,9-10,15H,4,6,8H2,1-3H3. The lowest BCUT2D eigenvalue weighted by Gasteiger charge is -2.22. The Morgan fingerprint density at radius 2 is 2.21 bits per heavy atom. The van der Waals surface area contributed by atoms with Crippen LogP contribution in [0.5, 0.6) is 0 Å². The number of aromatic nitrogens is 2. The van der Waals surface area contributed by atoms with Crippen molar-refractivity contribution in [2.45, 2.75) is 26.9 Å². The Kier molecular flexibility index (Phi) is 4.87. The van der Waals surface area contributed by atoms with Gasteiger partial charge in [-0.05, 0) is 19.5 Å². The van der Waals surface area contributed by atoms with Crippen LogP contribution in [0.2, 0.25) is 0 Å². The Labute approximate surface area is 118 Å². The molecule has 0 atom stereocenters. The number of thiazole rings is 1.